The number of rotatable bonds is 17. The van der Waals surface area contributed by atoms with E-state index in [0.717, 1.165) is 63.2 Å². The predicted molar refractivity (Wildman–Crippen MR) is 393 cm³/mol. The molecule has 14 aromatic rings. The lowest BCUT2D eigenvalue weighted by Gasteiger charge is -2.35. The van der Waals surface area contributed by atoms with Crippen molar-refractivity contribution in [2.75, 3.05) is 21.3 Å². The van der Waals surface area contributed by atoms with Crippen LogP contribution in [-0.4, -0.2) is 11.5 Å². The van der Waals surface area contributed by atoms with Crippen molar-refractivity contribution in [3.8, 4) is 33.4 Å². The molecule has 16 rings (SSSR count). The molecule has 0 heterocycles. The molecule has 0 bridgehead atoms. The highest BCUT2D eigenvalue weighted by atomic mass is 32.2. The quantitative estimate of drug-likeness (QED) is 0.0662. The van der Waals surface area contributed by atoms with Crippen molar-refractivity contribution in [1.82, 2.24) is 0 Å². The number of hydrogen-bond donors (Lipinski definition) is 0. The molecular formula is C88H66N2S2. The van der Waals surface area contributed by atoms with Crippen molar-refractivity contribution in [3.05, 3.63) is 385 Å². The van der Waals surface area contributed by atoms with E-state index in [2.05, 4.69) is 351 Å². The highest BCUT2D eigenvalue weighted by Crippen LogP contribution is 2.60. The standard InChI is InChI=1S/C88H66N2S2/c1-3-55-91-77-49-39-67(40-50-77)87(69-37-31-61-19-11-13-21-65(61)57-69)83-29-17-15-27-79(83)81-53-47-75(59-85(81)87)89(71-23-7-5-8-24-71)73-43-33-63(34-44-73)64-35-45-74(46-36-64)90(72-25-9-6-10-26-72)76-48-54-82-80-28-16-18-30-84(80)88(86(82)60-76,68-41-51-78(52-42-68)92-56-4-2)70-38-32-62-20-12-14-22-66(62)58-70/h3,5-54,57-60H,1,4,55-56H2,2H3. The SMILES string of the molecule is C=CCSc1ccc(C2(c3ccc4ccccc4c3)c3ccccc3-c3ccc(N(c4ccccc4)c4ccc(-c5ccc(N(c6ccccc6)c6ccc7c(c6)C(c6ccc(SCCC)cc6)(c6ccc8ccccc8c6)c6ccccc6-7)cc5)cc4)cc32)cc1. The fraction of sp³-hybridized carbons (Fsp3) is 0.0682. The fourth-order valence-corrected chi connectivity index (χ4v) is 16.3. The molecule has 2 unspecified atom stereocenters. The molecule has 0 aromatic heterocycles. The van der Waals surface area contributed by atoms with Crippen LogP contribution in [-0.2, 0) is 10.8 Å². The van der Waals surface area contributed by atoms with Crippen molar-refractivity contribution in [1.29, 1.82) is 0 Å². The first-order chi connectivity index (χ1) is 45.5. The molecule has 0 radical (unpaired) electrons. The Bertz CT molecular complexity index is 5040. The van der Waals surface area contributed by atoms with Gasteiger partial charge in [0.25, 0.3) is 0 Å². The molecule has 92 heavy (non-hydrogen) atoms. The minimum atomic E-state index is -0.600. The lowest BCUT2D eigenvalue weighted by molar-refractivity contribution is 0.768. The van der Waals surface area contributed by atoms with Gasteiger partial charge in [-0.3, -0.25) is 0 Å². The molecule has 14 aromatic carbocycles. The van der Waals surface area contributed by atoms with E-state index in [9.17, 15) is 0 Å². The number of para-hydroxylation sites is 2. The Morgan fingerprint density at radius 2 is 0.663 bits per heavy atom. The minimum absolute atomic E-state index is 0.583. The van der Waals surface area contributed by atoms with Gasteiger partial charge in [0.05, 0.1) is 10.8 Å². The number of benzene rings is 14. The highest BCUT2D eigenvalue weighted by molar-refractivity contribution is 7.99. The van der Waals surface area contributed by atoms with E-state index in [1.54, 1.807) is 0 Å². The van der Waals surface area contributed by atoms with E-state index in [1.807, 2.05) is 29.6 Å². The van der Waals surface area contributed by atoms with E-state index < -0.39 is 10.8 Å². The van der Waals surface area contributed by atoms with Crippen LogP contribution < -0.4 is 9.80 Å². The zero-order valence-corrected chi connectivity index (χ0v) is 52.9. The second-order valence-electron chi connectivity index (χ2n) is 24.1. The molecular weight excluding hydrogens is 1150 g/mol. The van der Waals surface area contributed by atoms with Gasteiger partial charge in [0.1, 0.15) is 0 Å². The molecule has 0 saturated carbocycles. The maximum absolute atomic E-state index is 4.00. The normalized spacial score (nSPS) is 15.1. The van der Waals surface area contributed by atoms with Crippen molar-refractivity contribution < 1.29 is 0 Å². The summed E-state index contributed by atoms with van der Waals surface area (Å²) in [7, 11) is 0. The van der Waals surface area contributed by atoms with Crippen LogP contribution in [0.1, 0.15) is 57.9 Å². The molecule has 2 aliphatic carbocycles. The van der Waals surface area contributed by atoms with Crippen molar-refractivity contribution in [2.45, 2.75) is 34.0 Å². The fourth-order valence-electron chi connectivity index (χ4n) is 14.9. The van der Waals surface area contributed by atoms with E-state index in [4.69, 9.17) is 0 Å². The van der Waals surface area contributed by atoms with Crippen LogP contribution in [0.3, 0.4) is 0 Å². The van der Waals surface area contributed by atoms with Crippen LogP contribution in [0.25, 0.3) is 54.9 Å². The lowest BCUT2D eigenvalue weighted by atomic mass is 9.67. The monoisotopic (exact) mass is 1210 g/mol. The third-order valence-electron chi connectivity index (χ3n) is 19.0. The van der Waals surface area contributed by atoms with Crippen LogP contribution in [0.4, 0.5) is 34.1 Å². The van der Waals surface area contributed by atoms with Gasteiger partial charge in [0.2, 0.25) is 0 Å². The van der Waals surface area contributed by atoms with Crippen LogP contribution in [0.15, 0.2) is 350 Å². The summed E-state index contributed by atoms with van der Waals surface area (Å²) in [5, 5.41) is 4.93. The van der Waals surface area contributed by atoms with Gasteiger partial charge < -0.3 is 9.80 Å². The first-order valence-electron chi connectivity index (χ1n) is 32.0. The molecule has 0 saturated heterocycles. The van der Waals surface area contributed by atoms with Gasteiger partial charge in [-0.05, 0) is 221 Å². The summed E-state index contributed by atoms with van der Waals surface area (Å²) in [4.78, 5) is 7.37. The Hall–Kier alpha value is -10.4. The summed E-state index contributed by atoms with van der Waals surface area (Å²) >= 11 is 3.75. The molecule has 0 amide bonds. The summed E-state index contributed by atoms with van der Waals surface area (Å²) in [6, 6.07) is 123. The van der Waals surface area contributed by atoms with Crippen LogP contribution >= 0.6 is 23.5 Å². The first-order valence-corrected chi connectivity index (χ1v) is 33.9. The topological polar surface area (TPSA) is 6.48 Å². The van der Waals surface area contributed by atoms with Gasteiger partial charge in [-0.25, -0.2) is 0 Å². The Kier molecular flexibility index (Phi) is 14.9. The Morgan fingerprint density at radius 3 is 1.10 bits per heavy atom. The lowest BCUT2D eigenvalue weighted by Crippen LogP contribution is -2.29. The van der Waals surface area contributed by atoms with Gasteiger partial charge in [-0.1, -0.05) is 231 Å². The van der Waals surface area contributed by atoms with Crippen LogP contribution in [0.5, 0.6) is 0 Å². The Labute approximate surface area is 548 Å². The number of fused-ring (bicyclic) bond motifs is 8. The van der Waals surface area contributed by atoms with E-state index >= 15 is 0 Å². The molecule has 2 aliphatic rings. The van der Waals surface area contributed by atoms with Gasteiger partial charge >= 0.3 is 0 Å². The third-order valence-corrected chi connectivity index (χ3v) is 21.2. The third kappa shape index (κ3) is 9.67. The summed E-state index contributed by atoms with van der Waals surface area (Å²) in [6.07, 6.45) is 3.11. The maximum atomic E-state index is 4.00. The summed E-state index contributed by atoms with van der Waals surface area (Å²) in [5.41, 5.74) is 22.8. The van der Waals surface area contributed by atoms with E-state index in [0.29, 0.717) is 0 Å². The van der Waals surface area contributed by atoms with Crippen LogP contribution in [0, 0.1) is 0 Å². The molecule has 0 spiro atoms. The van der Waals surface area contributed by atoms with E-state index in [1.165, 1.54) is 98.1 Å². The summed E-state index contributed by atoms with van der Waals surface area (Å²) in [5.74, 6) is 1.95. The second kappa shape index (κ2) is 24.1. The molecule has 0 fully saturated rings. The molecule has 0 N–H and O–H groups in total. The predicted octanol–water partition coefficient (Wildman–Crippen LogP) is 24.1. The van der Waals surface area contributed by atoms with Crippen LogP contribution in [0.2, 0.25) is 0 Å². The first kappa shape index (κ1) is 56.8. The van der Waals surface area contributed by atoms with Gasteiger partial charge in [0, 0.05) is 49.7 Å². The second-order valence-corrected chi connectivity index (χ2v) is 26.4. The Morgan fingerprint density at radius 1 is 0.304 bits per heavy atom. The van der Waals surface area contributed by atoms with Gasteiger partial charge in [0.15, 0.2) is 0 Å². The van der Waals surface area contributed by atoms with Gasteiger partial charge in [-0.15, -0.1) is 30.1 Å². The zero-order chi connectivity index (χ0) is 61.6. The van der Waals surface area contributed by atoms with Gasteiger partial charge in [-0.2, -0.15) is 0 Å². The summed E-state index contributed by atoms with van der Waals surface area (Å²) in [6.45, 7) is 6.26. The largest absolute Gasteiger partial charge is 0.310 e. The molecule has 440 valence electrons. The molecule has 2 nitrogen and oxygen atoms in total. The molecule has 4 heteroatoms. The smallest absolute Gasteiger partial charge is 0.0714 e. The molecule has 0 aliphatic heterocycles. The van der Waals surface area contributed by atoms with Crippen molar-refractivity contribution in [3.63, 3.8) is 0 Å². The average molecular weight is 1220 g/mol. The zero-order valence-electron chi connectivity index (χ0n) is 51.3. The number of nitrogens with zero attached hydrogens (tertiary/aromatic N) is 2. The van der Waals surface area contributed by atoms with Crippen molar-refractivity contribution >= 4 is 79.2 Å². The van der Waals surface area contributed by atoms with Crippen molar-refractivity contribution in [2.24, 2.45) is 0 Å². The maximum Gasteiger partial charge on any atom is 0.0714 e. The van der Waals surface area contributed by atoms with E-state index in [-0.39, 0.29) is 0 Å². The highest BCUT2D eigenvalue weighted by Gasteiger charge is 2.48. The molecule has 2 atom stereocenters. The minimum Gasteiger partial charge on any atom is -0.310 e. The Balaban J connectivity index is 0.783. The number of hydrogen-bond acceptors (Lipinski definition) is 4. The summed E-state index contributed by atoms with van der Waals surface area (Å²) < 4.78 is 0. The number of anilines is 6. The number of thioether (sulfide) groups is 2. The average Bonchev–Trinajstić information content (AvgIpc) is 1.53.